The zero-order valence-corrected chi connectivity index (χ0v) is 18.9. The van der Waals surface area contributed by atoms with Crippen molar-refractivity contribution in [3.05, 3.63) is 83.9 Å². The summed E-state index contributed by atoms with van der Waals surface area (Å²) >= 11 is 0. The van der Waals surface area contributed by atoms with E-state index in [0.717, 1.165) is 4.31 Å². The van der Waals surface area contributed by atoms with Gasteiger partial charge in [-0.15, -0.1) is 0 Å². The fraction of sp³-hybridized carbons (Fsp3) is 0.208. The van der Waals surface area contributed by atoms with E-state index in [9.17, 15) is 18.3 Å². The van der Waals surface area contributed by atoms with Crippen LogP contribution in [0.3, 0.4) is 0 Å². The third-order valence-electron chi connectivity index (χ3n) is 4.66. The molecule has 8 heteroatoms. The minimum Gasteiger partial charge on any atom is -0.497 e. The summed E-state index contributed by atoms with van der Waals surface area (Å²) in [6.45, 7) is 3.50. The molecule has 0 amide bonds. The average Bonchev–Trinajstić information content (AvgIpc) is 2.77. The van der Waals surface area contributed by atoms with Crippen LogP contribution in [0.15, 0.2) is 77.7 Å². The first-order chi connectivity index (χ1) is 15.2. The number of carboxylic acid groups (broad SMARTS) is 1. The molecule has 3 aromatic rings. The number of carbonyl (C=O) groups is 1. The van der Waals surface area contributed by atoms with Crippen molar-refractivity contribution in [1.82, 2.24) is 0 Å². The molecule has 0 heterocycles. The van der Waals surface area contributed by atoms with Crippen LogP contribution in [0.5, 0.6) is 11.5 Å². The molecule has 3 rings (SSSR count). The number of nitrogens with zero attached hydrogens (tertiary/aromatic N) is 1. The number of hydrogen-bond acceptors (Lipinski definition) is 5. The van der Waals surface area contributed by atoms with Crippen molar-refractivity contribution >= 4 is 21.7 Å². The highest BCUT2D eigenvalue weighted by Gasteiger charge is 2.32. The molecule has 0 saturated carbocycles. The summed E-state index contributed by atoms with van der Waals surface area (Å²) in [6.07, 6.45) is -0.292. The van der Waals surface area contributed by atoms with Crippen LogP contribution in [0.4, 0.5) is 5.69 Å². The average molecular weight is 456 g/mol. The summed E-state index contributed by atoms with van der Waals surface area (Å²) in [5.41, 5.74) is 0.504. The van der Waals surface area contributed by atoms with E-state index < -0.39 is 16.0 Å². The minimum atomic E-state index is -4.16. The second kappa shape index (κ2) is 9.74. The number of methoxy groups -OCH3 is 1. The first-order valence-corrected chi connectivity index (χ1v) is 11.4. The summed E-state index contributed by atoms with van der Waals surface area (Å²) < 4.78 is 39.6. The van der Waals surface area contributed by atoms with Gasteiger partial charge in [-0.05, 0) is 55.8 Å². The molecule has 0 aromatic heterocycles. The van der Waals surface area contributed by atoms with Gasteiger partial charge in [-0.2, -0.15) is 0 Å². The number of benzene rings is 3. The lowest BCUT2D eigenvalue weighted by molar-refractivity contribution is 0.0697. The fourth-order valence-corrected chi connectivity index (χ4v) is 4.69. The highest BCUT2D eigenvalue weighted by Crippen LogP contribution is 2.38. The molecule has 0 aliphatic rings. The fourth-order valence-electron chi connectivity index (χ4n) is 3.21. The van der Waals surface area contributed by atoms with Crippen LogP contribution in [-0.4, -0.2) is 32.7 Å². The standard InChI is InChI=1S/C24H25NO6S/c1-17(2)31-22-11-7-10-21(24(26)27)23(22)25(16-18-8-5-4-6-9-18)32(28,29)20-14-12-19(30-3)13-15-20/h4-15,17H,16H2,1-3H3,(H,26,27). The van der Waals surface area contributed by atoms with Gasteiger partial charge in [-0.3, -0.25) is 4.31 Å². The molecule has 3 aromatic carbocycles. The smallest absolute Gasteiger partial charge is 0.337 e. The number of rotatable bonds is 9. The number of anilines is 1. The van der Waals surface area contributed by atoms with Crippen LogP contribution in [0.25, 0.3) is 0 Å². The zero-order valence-electron chi connectivity index (χ0n) is 18.1. The third-order valence-corrected chi connectivity index (χ3v) is 6.42. The van der Waals surface area contributed by atoms with Gasteiger partial charge >= 0.3 is 5.97 Å². The molecule has 0 aliphatic heterocycles. The Morgan fingerprint density at radius 1 is 0.969 bits per heavy atom. The maximum atomic E-state index is 13.8. The highest BCUT2D eigenvalue weighted by molar-refractivity contribution is 7.92. The molecule has 0 radical (unpaired) electrons. The van der Waals surface area contributed by atoms with E-state index in [1.165, 1.54) is 31.4 Å². The second-order valence-corrected chi connectivity index (χ2v) is 9.16. The van der Waals surface area contributed by atoms with Crippen LogP contribution in [-0.2, 0) is 16.6 Å². The van der Waals surface area contributed by atoms with Crippen LogP contribution < -0.4 is 13.8 Å². The summed E-state index contributed by atoms with van der Waals surface area (Å²) in [7, 11) is -2.67. The number of carboxylic acids is 1. The minimum absolute atomic E-state index is 0.00456. The first kappa shape index (κ1) is 23.1. The Labute approximate surface area is 187 Å². The van der Waals surface area contributed by atoms with Crippen molar-refractivity contribution in [2.75, 3.05) is 11.4 Å². The molecule has 1 N–H and O–H groups in total. The Balaban J connectivity index is 2.25. The van der Waals surface area contributed by atoms with E-state index in [2.05, 4.69) is 0 Å². The summed E-state index contributed by atoms with van der Waals surface area (Å²) in [5.74, 6) is -0.571. The topological polar surface area (TPSA) is 93.1 Å². The van der Waals surface area contributed by atoms with E-state index in [-0.39, 0.29) is 34.5 Å². The van der Waals surface area contributed by atoms with Crippen molar-refractivity contribution in [1.29, 1.82) is 0 Å². The number of hydrogen-bond donors (Lipinski definition) is 1. The van der Waals surface area contributed by atoms with Gasteiger partial charge < -0.3 is 14.6 Å². The predicted molar refractivity (Wildman–Crippen MR) is 122 cm³/mol. The Bertz CT molecular complexity index is 1170. The van der Waals surface area contributed by atoms with Crippen LogP contribution in [0.2, 0.25) is 0 Å². The van der Waals surface area contributed by atoms with Gasteiger partial charge in [0.25, 0.3) is 10.0 Å². The van der Waals surface area contributed by atoms with Crippen molar-refractivity contribution < 1.29 is 27.8 Å². The Morgan fingerprint density at radius 2 is 1.62 bits per heavy atom. The van der Waals surface area contributed by atoms with Crippen molar-refractivity contribution in [3.63, 3.8) is 0 Å². The lowest BCUT2D eigenvalue weighted by Crippen LogP contribution is -2.32. The number of aromatic carboxylic acids is 1. The maximum absolute atomic E-state index is 13.8. The number of ether oxygens (including phenoxy) is 2. The van der Waals surface area contributed by atoms with Crippen molar-refractivity contribution in [3.8, 4) is 11.5 Å². The first-order valence-electron chi connectivity index (χ1n) is 9.97. The SMILES string of the molecule is COc1ccc(S(=O)(=O)N(Cc2ccccc2)c2c(OC(C)C)cccc2C(=O)O)cc1. The molecule has 0 unspecified atom stereocenters. The maximum Gasteiger partial charge on any atom is 0.337 e. The molecule has 0 saturated heterocycles. The summed E-state index contributed by atoms with van der Waals surface area (Å²) in [5, 5.41) is 9.85. The molecule has 0 bridgehead atoms. The second-order valence-electron chi connectivity index (χ2n) is 7.30. The monoisotopic (exact) mass is 455 g/mol. The van der Waals surface area contributed by atoms with Crippen molar-refractivity contribution in [2.24, 2.45) is 0 Å². The molecular weight excluding hydrogens is 430 g/mol. The predicted octanol–water partition coefficient (Wildman–Crippen LogP) is 4.58. The van der Waals surface area contributed by atoms with E-state index in [1.807, 2.05) is 6.07 Å². The van der Waals surface area contributed by atoms with Crippen LogP contribution in [0, 0.1) is 0 Å². The molecule has 0 aliphatic carbocycles. The van der Waals surface area contributed by atoms with Gasteiger partial charge in [0.05, 0.1) is 30.2 Å². The lowest BCUT2D eigenvalue weighted by atomic mass is 10.1. The van der Waals surface area contributed by atoms with Gasteiger partial charge in [0.2, 0.25) is 0 Å². The molecular formula is C24H25NO6S. The molecule has 0 fully saturated rings. The van der Waals surface area contributed by atoms with E-state index in [1.54, 1.807) is 56.3 Å². The number of sulfonamides is 1. The summed E-state index contributed by atoms with van der Waals surface area (Å²) in [6, 6.07) is 19.4. The van der Waals surface area contributed by atoms with Gasteiger partial charge in [0.1, 0.15) is 17.2 Å². The van der Waals surface area contributed by atoms with Gasteiger partial charge in [0.15, 0.2) is 0 Å². The van der Waals surface area contributed by atoms with E-state index >= 15 is 0 Å². The largest absolute Gasteiger partial charge is 0.497 e. The van der Waals surface area contributed by atoms with Gasteiger partial charge in [-0.25, -0.2) is 13.2 Å². The lowest BCUT2D eigenvalue weighted by Gasteiger charge is -2.28. The highest BCUT2D eigenvalue weighted by atomic mass is 32.2. The van der Waals surface area contributed by atoms with Crippen LogP contribution in [0.1, 0.15) is 29.8 Å². The Kier molecular flexibility index (Phi) is 7.05. The number of para-hydroxylation sites is 1. The van der Waals surface area contributed by atoms with Gasteiger partial charge in [-0.1, -0.05) is 36.4 Å². The third kappa shape index (κ3) is 5.03. The van der Waals surface area contributed by atoms with E-state index in [4.69, 9.17) is 9.47 Å². The van der Waals surface area contributed by atoms with Gasteiger partial charge in [0, 0.05) is 0 Å². The molecule has 0 atom stereocenters. The Hall–Kier alpha value is -3.52. The van der Waals surface area contributed by atoms with E-state index in [0.29, 0.717) is 11.3 Å². The van der Waals surface area contributed by atoms with Crippen molar-refractivity contribution in [2.45, 2.75) is 31.4 Å². The van der Waals surface area contributed by atoms with Crippen LogP contribution >= 0.6 is 0 Å². The molecule has 32 heavy (non-hydrogen) atoms. The molecule has 0 spiro atoms. The molecule has 168 valence electrons. The quantitative estimate of drug-likeness (QED) is 0.508. The normalized spacial score (nSPS) is 11.2. The summed E-state index contributed by atoms with van der Waals surface area (Å²) in [4.78, 5) is 12.1. The molecule has 7 nitrogen and oxygen atoms in total. The Morgan fingerprint density at radius 3 is 2.19 bits per heavy atom. The zero-order chi connectivity index (χ0) is 23.3.